The predicted octanol–water partition coefficient (Wildman–Crippen LogP) is 5.97. The molecule has 6 nitrogen and oxygen atoms in total. The molecule has 184 valence electrons. The van der Waals surface area contributed by atoms with Crippen molar-refractivity contribution in [3.05, 3.63) is 88.6 Å². The number of carbonyl (C=O) groups excluding carboxylic acids is 2. The molecule has 1 fully saturated rings. The van der Waals surface area contributed by atoms with E-state index < -0.39 is 34.6 Å². The summed E-state index contributed by atoms with van der Waals surface area (Å²) in [6, 6.07) is 9.90. The lowest BCUT2D eigenvalue weighted by molar-refractivity contribution is -0.119. The SMILES string of the molecule is C=C/C=C(\C(=C/C)S(C)=O)c1ccc(NC(=O)[C@H]2CCCN2C(=O)Nc2ccc(Cl)cc2)c(F)c1. The van der Waals surface area contributed by atoms with Gasteiger partial charge in [-0.05, 0) is 67.3 Å². The molecule has 3 amide bonds. The number of rotatable bonds is 7. The molecule has 0 aliphatic carbocycles. The Labute approximate surface area is 212 Å². The molecule has 0 spiro atoms. The fourth-order valence-corrected chi connectivity index (χ4v) is 4.88. The number of allylic oxidation sites excluding steroid dienone is 4. The number of anilines is 2. The van der Waals surface area contributed by atoms with Gasteiger partial charge in [0.25, 0.3) is 0 Å². The second-order valence-electron chi connectivity index (χ2n) is 7.90. The zero-order valence-electron chi connectivity index (χ0n) is 19.5. The molecule has 3 rings (SSSR count). The van der Waals surface area contributed by atoms with Crippen LogP contribution in [0.1, 0.15) is 25.3 Å². The smallest absolute Gasteiger partial charge is 0.322 e. The predicted molar refractivity (Wildman–Crippen MR) is 141 cm³/mol. The Hall–Kier alpha value is -3.23. The molecule has 2 N–H and O–H groups in total. The number of carbonyl (C=O) groups is 2. The van der Waals surface area contributed by atoms with Gasteiger partial charge in [0.15, 0.2) is 0 Å². The number of nitrogens with one attached hydrogen (secondary N) is 2. The third-order valence-corrected chi connectivity index (χ3v) is 6.90. The molecule has 1 saturated heterocycles. The molecule has 2 atom stereocenters. The number of nitrogens with zero attached hydrogens (tertiary/aromatic N) is 1. The van der Waals surface area contributed by atoms with E-state index in [-0.39, 0.29) is 5.69 Å². The first-order valence-electron chi connectivity index (χ1n) is 11.0. The van der Waals surface area contributed by atoms with Crippen LogP contribution in [0.5, 0.6) is 0 Å². The van der Waals surface area contributed by atoms with Gasteiger partial charge < -0.3 is 15.5 Å². The topological polar surface area (TPSA) is 78.5 Å². The van der Waals surface area contributed by atoms with Gasteiger partial charge in [-0.1, -0.05) is 42.5 Å². The average Bonchev–Trinajstić information content (AvgIpc) is 3.32. The van der Waals surface area contributed by atoms with Gasteiger partial charge in [0.1, 0.15) is 11.9 Å². The molecule has 0 saturated carbocycles. The summed E-state index contributed by atoms with van der Waals surface area (Å²) < 4.78 is 27.1. The molecule has 0 bridgehead atoms. The molecule has 1 heterocycles. The summed E-state index contributed by atoms with van der Waals surface area (Å²) in [5.41, 5.74) is 1.65. The molecule has 0 radical (unpaired) electrons. The van der Waals surface area contributed by atoms with Gasteiger partial charge in [0, 0.05) is 28.4 Å². The van der Waals surface area contributed by atoms with Crippen molar-refractivity contribution in [1.29, 1.82) is 0 Å². The van der Waals surface area contributed by atoms with E-state index in [0.717, 1.165) is 0 Å². The van der Waals surface area contributed by atoms with Crippen LogP contribution in [0.3, 0.4) is 0 Å². The lowest BCUT2D eigenvalue weighted by Gasteiger charge is -2.24. The highest BCUT2D eigenvalue weighted by Gasteiger charge is 2.34. The van der Waals surface area contributed by atoms with Crippen molar-refractivity contribution in [2.45, 2.75) is 25.8 Å². The van der Waals surface area contributed by atoms with Gasteiger partial charge in [-0.3, -0.25) is 9.00 Å². The zero-order chi connectivity index (χ0) is 25.5. The molecule has 9 heteroatoms. The quantitative estimate of drug-likeness (QED) is 0.446. The summed E-state index contributed by atoms with van der Waals surface area (Å²) in [6.07, 6.45) is 7.60. The highest BCUT2D eigenvalue weighted by Crippen LogP contribution is 2.29. The van der Waals surface area contributed by atoms with Crippen LogP contribution in [0.25, 0.3) is 5.57 Å². The lowest BCUT2D eigenvalue weighted by Crippen LogP contribution is -2.45. The van der Waals surface area contributed by atoms with E-state index in [1.165, 1.54) is 17.0 Å². The van der Waals surface area contributed by atoms with Gasteiger partial charge in [0.2, 0.25) is 5.91 Å². The van der Waals surface area contributed by atoms with E-state index in [1.54, 1.807) is 61.7 Å². The number of hydrogen-bond acceptors (Lipinski definition) is 3. The first-order chi connectivity index (χ1) is 16.7. The monoisotopic (exact) mass is 515 g/mol. The molecule has 1 aliphatic rings. The molecule has 2 aromatic carbocycles. The second-order valence-corrected chi connectivity index (χ2v) is 9.68. The molecule has 1 aliphatic heterocycles. The maximum absolute atomic E-state index is 15.0. The molecule has 35 heavy (non-hydrogen) atoms. The lowest BCUT2D eigenvalue weighted by atomic mass is 10.0. The largest absolute Gasteiger partial charge is 0.322 e. The third-order valence-electron chi connectivity index (χ3n) is 5.57. The summed E-state index contributed by atoms with van der Waals surface area (Å²) in [6.45, 7) is 5.85. The van der Waals surface area contributed by atoms with Crippen LogP contribution in [-0.4, -0.2) is 39.9 Å². The Kier molecular flexibility index (Phi) is 9.01. The molecule has 1 unspecified atom stereocenters. The Balaban J connectivity index is 1.74. The van der Waals surface area contributed by atoms with E-state index >= 15 is 0 Å². The second kappa shape index (κ2) is 12.0. The molecular formula is C26H27ClFN3O3S. The Morgan fingerprint density at radius 2 is 1.91 bits per heavy atom. The fourth-order valence-electron chi connectivity index (χ4n) is 3.93. The van der Waals surface area contributed by atoms with Crippen molar-refractivity contribution in [2.24, 2.45) is 0 Å². The van der Waals surface area contributed by atoms with Crippen molar-refractivity contribution in [3.63, 3.8) is 0 Å². The van der Waals surface area contributed by atoms with Crippen LogP contribution in [-0.2, 0) is 15.6 Å². The highest BCUT2D eigenvalue weighted by molar-refractivity contribution is 7.88. The van der Waals surface area contributed by atoms with Crippen molar-refractivity contribution >= 4 is 51.3 Å². The van der Waals surface area contributed by atoms with Gasteiger partial charge in [-0.15, -0.1) is 0 Å². The fraction of sp³-hybridized carbons (Fsp3) is 0.231. The number of halogens is 2. The molecular weight excluding hydrogens is 489 g/mol. The first-order valence-corrected chi connectivity index (χ1v) is 13.0. The van der Waals surface area contributed by atoms with Gasteiger partial charge in [-0.25, -0.2) is 9.18 Å². The normalized spacial score (nSPS) is 17.1. The van der Waals surface area contributed by atoms with Crippen LogP contribution < -0.4 is 10.6 Å². The summed E-state index contributed by atoms with van der Waals surface area (Å²) in [5.74, 6) is -1.11. The number of amides is 3. The molecule has 2 aromatic rings. The van der Waals surface area contributed by atoms with E-state index in [4.69, 9.17) is 11.6 Å². The van der Waals surface area contributed by atoms with Crippen LogP contribution in [0, 0.1) is 5.82 Å². The van der Waals surface area contributed by atoms with Crippen LogP contribution in [0.4, 0.5) is 20.6 Å². The number of likely N-dealkylation sites (tertiary alicyclic amines) is 1. The molecule has 0 aromatic heterocycles. The number of benzene rings is 2. The maximum atomic E-state index is 15.0. The van der Waals surface area contributed by atoms with Crippen LogP contribution in [0.15, 0.2) is 72.2 Å². The summed E-state index contributed by atoms with van der Waals surface area (Å²) in [5, 5.41) is 5.91. The van der Waals surface area contributed by atoms with Crippen molar-refractivity contribution < 1.29 is 18.2 Å². The zero-order valence-corrected chi connectivity index (χ0v) is 21.1. The first kappa shape index (κ1) is 26.4. The van der Waals surface area contributed by atoms with Crippen molar-refractivity contribution in [1.82, 2.24) is 4.90 Å². The Morgan fingerprint density at radius 1 is 1.20 bits per heavy atom. The minimum atomic E-state index is -1.28. The van der Waals surface area contributed by atoms with E-state index in [0.29, 0.717) is 46.1 Å². The van der Waals surface area contributed by atoms with Crippen LogP contribution >= 0.6 is 11.6 Å². The Morgan fingerprint density at radius 3 is 2.51 bits per heavy atom. The highest BCUT2D eigenvalue weighted by atomic mass is 35.5. The Bertz CT molecular complexity index is 1210. The summed E-state index contributed by atoms with van der Waals surface area (Å²) >= 11 is 5.88. The minimum absolute atomic E-state index is 0.00121. The summed E-state index contributed by atoms with van der Waals surface area (Å²) in [7, 11) is -1.28. The van der Waals surface area contributed by atoms with E-state index in [1.807, 2.05) is 0 Å². The summed E-state index contributed by atoms with van der Waals surface area (Å²) in [4.78, 5) is 27.7. The minimum Gasteiger partial charge on any atom is -0.322 e. The van der Waals surface area contributed by atoms with Gasteiger partial charge in [-0.2, -0.15) is 0 Å². The van der Waals surface area contributed by atoms with Gasteiger partial charge >= 0.3 is 6.03 Å². The average molecular weight is 516 g/mol. The van der Waals surface area contributed by atoms with Crippen molar-refractivity contribution in [2.75, 3.05) is 23.4 Å². The maximum Gasteiger partial charge on any atom is 0.322 e. The van der Waals surface area contributed by atoms with E-state index in [9.17, 15) is 18.2 Å². The number of urea groups is 1. The van der Waals surface area contributed by atoms with Crippen molar-refractivity contribution in [3.8, 4) is 0 Å². The number of hydrogen-bond donors (Lipinski definition) is 2. The van der Waals surface area contributed by atoms with E-state index in [2.05, 4.69) is 17.2 Å². The third kappa shape index (κ3) is 6.46. The standard InChI is InChI=1S/C26H27ClFN3O3S/c1-4-7-20(24(5-2)35(3)34)17-9-14-22(21(28)16-17)30-25(32)23-8-6-15-31(23)26(33)29-19-12-10-18(27)11-13-19/h4-5,7,9-14,16,23H,1,6,8,15H2,2-3H3,(H,29,33)(H,30,32)/b20-7-,24-5+/t23-,35?/m1/s1. The van der Waals surface area contributed by atoms with Gasteiger partial charge in [0.05, 0.1) is 16.5 Å². The van der Waals surface area contributed by atoms with Crippen LogP contribution in [0.2, 0.25) is 5.02 Å².